The van der Waals surface area contributed by atoms with Crippen molar-refractivity contribution in [3.05, 3.63) is 0 Å². The van der Waals surface area contributed by atoms with Crippen molar-refractivity contribution in [3.8, 4) is 0 Å². The standard InChI is InChI=1S/C11H27PS4Si/c1-10(2)8-14-12(13,15-9-11(3)4)16-17(5,6)7/h10-11H,8-9H2,1-7H3. The third-order valence-corrected chi connectivity index (χ3v) is 28.3. The Kier molecular flexibility index (Phi) is 9.19. The molecule has 17 heavy (non-hydrogen) atoms. The molecular formula is C11H27PS4Si. The third kappa shape index (κ3) is 11.4. The van der Waals surface area contributed by atoms with Gasteiger partial charge in [-0.25, -0.2) is 0 Å². The van der Waals surface area contributed by atoms with Gasteiger partial charge in [-0.05, 0) is 11.8 Å². The van der Waals surface area contributed by atoms with Crippen LogP contribution < -0.4 is 0 Å². The van der Waals surface area contributed by atoms with Gasteiger partial charge in [0.2, 0.25) is 0 Å². The molecule has 0 aliphatic carbocycles. The highest BCUT2D eigenvalue weighted by Gasteiger charge is 2.28. The van der Waals surface area contributed by atoms with Crippen LogP contribution in [0.5, 0.6) is 0 Å². The van der Waals surface area contributed by atoms with Gasteiger partial charge in [-0.1, -0.05) is 59.1 Å². The topological polar surface area (TPSA) is 0 Å². The van der Waals surface area contributed by atoms with Crippen molar-refractivity contribution < 1.29 is 0 Å². The summed E-state index contributed by atoms with van der Waals surface area (Å²) in [6.45, 7) is 16.4. The lowest BCUT2D eigenvalue weighted by Crippen LogP contribution is -2.12. The van der Waals surface area contributed by atoms with Gasteiger partial charge in [-0.3, -0.25) is 0 Å². The third-order valence-electron chi connectivity index (χ3n) is 1.52. The molecule has 0 saturated heterocycles. The van der Waals surface area contributed by atoms with Gasteiger partial charge in [-0.2, -0.15) is 0 Å². The Morgan fingerprint density at radius 3 is 1.53 bits per heavy atom. The maximum absolute atomic E-state index is 6.02. The fourth-order valence-corrected chi connectivity index (χ4v) is 40.1. The van der Waals surface area contributed by atoms with Crippen LogP contribution >= 0.6 is 37.2 Å². The van der Waals surface area contributed by atoms with E-state index >= 15 is 0 Å². The number of hydrogen-bond donors (Lipinski definition) is 0. The minimum absolute atomic E-state index is 0.754. The molecule has 0 atom stereocenters. The lowest BCUT2D eigenvalue weighted by Gasteiger charge is -2.28. The van der Waals surface area contributed by atoms with Gasteiger partial charge in [0.25, 0.3) is 0 Å². The van der Waals surface area contributed by atoms with Crippen LogP contribution in [0.3, 0.4) is 0 Å². The molecule has 0 heterocycles. The van der Waals surface area contributed by atoms with E-state index in [9.17, 15) is 0 Å². The molecule has 0 aliphatic rings. The Hall–Kier alpha value is 1.92. The van der Waals surface area contributed by atoms with Crippen molar-refractivity contribution in [2.45, 2.75) is 47.3 Å². The molecule has 6 heteroatoms. The summed E-state index contributed by atoms with van der Waals surface area (Å²) < 4.78 is -1.30. The van der Waals surface area contributed by atoms with Gasteiger partial charge in [0, 0.05) is 11.5 Å². The molecule has 0 aromatic heterocycles. The van der Waals surface area contributed by atoms with Crippen molar-refractivity contribution in [2.24, 2.45) is 11.8 Å². The highest BCUT2D eigenvalue weighted by atomic mass is 33.5. The fourth-order valence-electron chi connectivity index (χ4n) is 0.906. The Labute approximate surface area is 126 Å². The first-order chi connectivity index (χ1) is 7.54. The molecule has 0 spiro atoms. The van der Waals surface area contributed by atoms with Gasteiger partial charge in [0.15, 0.2) is 0 Å². The highest BCUT2D eigenvalue weighted by molar-refractivity contribution is 9.26. The largest absolute Gasteiger partial charge is 0.130 e. The van der Waals surface area contributed by atoms with E-state index in [2.05, 4.69) is 80.9 Å². The second-order valence-electron chi connectivity index (χ2n) is 6.03. The number of hydrogen-bond acceptors (Lipinski definition) is 4. The summed E-state index contributed by atoms with van der Waals surface area (Å²) in [5.41, 5.74) is 0. The number of rotatable bonds is 8. The second-order valence-corrected chi connectivity index (χ2v) is 30.7. The van der Waals surface area contributed by atoms with Crippen LogP contribution in [0.2, 0.25) is 19.6 Å². The summed E-state index contributed by atoms with van der Waals surface area (Å²) in [4.78, 5) is 0. The maximum Gasteiger partial charge on any atom is 0.116 e. The van der Waals surface area contributed by atoms with Gasteiger partial charge in [-0.15, -0.1) is 33.6 Å². The summed E-state index contributed by atoms with van der Waals surface area (Å²) in [7, 11) is 1.06. The maximum atomic E-state index is 6.02. The molecule has 0 N–H and O–H groups in total. The Morgan fingerprint density at radius 2 is 1.29 bits per heavy atom. The molecule has 0 aromatic rings. The smallest absolute Gasteiger partial charge is 0.116 e. The predicted octanol–water partition coefficient (Wildman–Crippen LogP) is 6.56. The minimum atomic E-state index is -1.30. The first-order valence-electron chi connectivity index (χ1n) is 6.14. The van der Waals surface area contributed by atoms with Gasteiger partial charge in [0.05, 0.1) is 0 Å². The van der Waals surface area contributed by atoms with E-state index in [0.717, 1.165) is 11.8 Å². The molecule has 0 saturated carbocycles. The molecule has 0 aliphatic heterocycles. The zero-order valence-electron chi connectivity index (χ0n) is 12.1. The first kappa shape index (κ1) is 18.9. The van der Waals surface area contributed by atoms with E-state index in [1.54, 1.807) is 0 Å². The molecule has 0 bridgehead atoms. The van der Waals surface area contributed by atoms with Crippen LogP contribution in [-0.4, -0.2) is 18.7 Å². The van der Waals surface area contributed by atoms with Crippen LogP contribution in [-0.2, 0) is 11.8 Å². The summed E-state index contributed by atoms with van der Waals surface area (Å²) >= 11 is 10.2. The first-order valence-corrected chi connectivity index (χ1v) is 17.8. The van der Waals surface area contributed by atoms with Crippen LogP contribution in [0.1, 0.15) is 27.7 Å². The molecular weight excluding hydrogens is 319 g/mol. The molecule has 0 rings (SSSR count). The average Bonchev–Trinajstić information content (AvgIpc) is 2.09. The lowest BCUT2D eigenvalue weighted by atomic mass is 10.3. The van der Waals surface area contributed by atoms with Crippen molar-refractivity contribution in [1.29, 1.82) is 0 Å². The minimum Gasteiger partial charge on any atom is -0.130 e. The molecule has 0 aromatic carbocycles. The summed E-state index contributed by atoms with van der Waals surface area (Å²) in [5.74, 6) is 3.95. The second kappa shape index (κ2) is 8.26. The summed E-state index contributed by atoms with van der Waals surface area (Å²) in [5, 5.41) is 0. The molecule has 0 fully saturated rings. The molecule has 104 valence electrons. The molecule has 0 amide bonds. The van der Waals surface area contributed by atoms with Crippen LogP contribution in [0.15, 0.2) is 0 Å². The molecule has 0 unspecified atom stereocenters. The van der Waals surface area contributed by atoms with E-state index in [4.69, 9.17) is 11.8 Å². The quantitative estimate of drug-likeness (QED) is 0.360. The van der Waals surface area contributed by atoms with Gasteiger partial charge in [0.1, 0.15) is 10.9 Å². The predicted molar refractivity (Wildman–Crippen MR) is 99.8 cm³/mol. The monoisotopic (exact) mass is 346 g/mol. The van der Waals surface area contributed by atoms with Crippen LogP contribution in [0.4, 0.5) is 0 Å². The Balaban J connectivity index is 4.51. The Bertz CT molecular complexity index is 245. The summed E-state index contributed by atoms with van der Waals surface area (Å²) in [6, 6.07) is 0. The van der Waals surface area contributed by atoms with Gasteiger partial charge >= 0.3 is 0 Å². The van der Waals surface area contributed by atoms with Crippen molar-refractivity contribution in [3.63, 3.8) is 0 Å². The molecule has 0 radical (unpaired) electrons. The lowest BCUT2D eigenvalue weighted by molar-refractivity contribution is 0.752. The average molecular weight is 347 g/mol. The Morgan fingerprint density at radius 1 is 0.941 bits per heavy atom. The van der Waals surface area contributed by atoms with E-state index < -0.39 is 10.9 Å². The van der Waals surface area contributed by atoms with Crippen molar-refractivity contribution >= 4 is 56.3 Å². The zero-order valence-corrected chi connectivity index (χ0v) is 17.3. The SMILES string of the molecule is CC(C)CSP(=S)(SCC(C)C)S[Si](C)(C)C. The van der Waals surface area contributed by atoms with E-state index in [1.807, 2.05) is 0 Å². The van der Waals surface area contributed by atoms with E-state index in [1.165, 1.54) is 11.5 Å². The van der Waals surface area contributed by atoms with Crippen molar-refractivity contribution in [2.75, 3.05) is 11.5 Å². The van der Waals surface area contributed by atoms with Crippen LogP contribution in [0.25, 0.3) is 0 Å². The highest BCUT2D eigenvalue weighted by Crippen LogP contribution is 2.80. The van der Waals surface area contributed by atoms with Crippen molar-refractivity contribution in [1.82, 2.24) is 0 Å². The molecule has 0 nitrogen and oxygen atoms in total. The zero-order chi connectivity index (χ0) is 13.7. The van der Waals surface area contributed by atoms with Gasteiger partial charge < -0.3 is 0 Å². The van der Waals surface area contributed by atoms with E-state index in [-0.39, 0.29) is 0 Å². The normalized spacial score (nSPS) is 13.7. The van der Waals surface area contributed by atoms with E-state index in [0.29, 0.717) is 0 Å². The summed E-state index contributed by atoms with van der Waals surface area (Å²) in [6.07, 6.45) is 0. The fraction of sp³-hybridized carbons (Fsp3) is 1.00. The van der Waals surface area contributed by atoms with Crippen LogP contribution in [0, 0.1) is 11.8 Å².